The summed E-state index contributed by atoms with van der Waals surface area (Å²) in [7, 11) is 0. The van der Waals surface area contributed by atoms with Gasteiger partial charge in [-0.05, 0) is 133 Å². The Kier molecular flexibility index (Phi) is 27.1. The normalized spacial score (nSPS) is 27.0. The van der Waals surface area contributed by atoms with E-state index in [2.05, 4.69) is 44.9 Å². The topological polar surface area (TPSA) is 342 Å². The number of amides is 9. The largest absolute Gasteiger partial charge is 0.461 e. The van der Waals surface area contributed by atoms with E-state index in [1.54, 1.807) is 45.0 Å². The van der Waals surface area contributed by atoms with E-state index in [-0.39, 0.29) is 129 Å². The number of anilines is 1. The fourth-order valence-corrected chi connectivity index (χ4v) is 11.9. The van der Waals surface area contributed by atoms with Crippen LogP contribution in [0.3, 0.4) is 0 Å². The number of primary amides is 1. The third-order valence-electron chi connectivity index (χ3n) is 17.1. The van der Waals surface area contributed by atoms with Crippen LogP contribution in [-0.2, 0) is 73.4 Å². The maximum absolute atomic E-state index is 13.7. The molecule has 4 fully saturated rings. The van der Waals surface area contributed by atoms with Gasteiger partial charge in [0.25, 0.3) is 11.8 Å². The number of urea groups is 1. The van der Waals surface area contributed by atoms with E-state index in [9.17, 15) is 53.1 Å². The number of hydrogen-bond donors (Lipinski definition) is 8. The van der Waals surface area contributed by atoms with Crippen LogP contribution < -0.4 is 37.6 Å². The molecular formula is C65H94N8O16. The molecule has 9 N–H and O–H groups in total. The highest BCUT2D eigenvalue weighted by atomic mass is 16.6. The van der Waals surface area contributed by atoms with Crippen molar-refractivity contribution in [3.8, 4) is 0 Å². The number of carbonyl (C=O) groups excluding carboxylic acids is 10. The highest BCUT2D eigenvalue weighted by Crippen LogP contribution is 2.49. The summed E-state index contributed by atoms with van der Waals surface area (Å²) in [5.41, 5.74) is 6.47. The summed E-state index contributed by atoms with van der Waals surface area (Å²) >= 11 is 0. The van der Waals surface area contributed by atoms with Gasteiger partial charge in [-0.3, -0.25) is 48.1 Å². The third kappa shape index (κ3) is 22.6. The molecule has 24 heteroatoms. The van der Waals surface area contributed by atoms with Crippen LogP contribution in [0.15, 0.2) is 72.4 Å². The first kappa shape index (κ1) is 70.8. The van der Waals surface area contributed by atoms with Crippen LogP contribution in [-0.4, -0.2) is 155 Å². The van der Waals surface area contributed by atoms with E-state index in [0.29, 0.717) is 62.6 Å². The quantitative estimate of drug-likeness (QED) is 0.0120. The lowest BCUT2D eigenvalue weighted by Gasteiger charge is -2.39. The molecule has 1 aliphatic carbocycles. The van der Waals surface area contributed by atoms with Crippen molar-refractivity contribution in [2.45, 2.75) is 231 Å². The Hall–Kier alpha value is -7.28. The predicted molar refractivity (Wildman–Crippen MR) is 328 cm³/mol. The summed E-state index contributed by atoms with van der Waals surface area (Å²) in [6.07, 6.45) is 15.1. The number of nitrogens with one attached hydrogen (secondary N) is 6. The molecular weight excluding hydrogens is 1150 g/mol. The first-order valence-corrected chi connectivity index (χ1v) is 31.5. The molecule has 1 saturated carbocycles. The summed E-state index contributed by atoms with van der Waals surface area (Å²) in [5, 5.41) is 28.4. The second-order valence-electron chi connectivity index (χ2n) is 24.8. The smallest absolute Gasteiger partial charge is 0.312 e. The van der Waals surface area contributed by atoms with Gasteiger partial charge in [-0.25, -0.2) is 4.79 Å². The zero-order valence-corrected chi connectivity index (χ0v) is 52.8. The van der Waals surface area contributed by atoms with Gasteiger partial charge in [0.2, 0.25) is 29.5 Å². The molecule has 3 saturated heterocycles. The second-order valence-corrected chi connectivity index (χ2v) is 24.8. The van der Waals surface area contributed by atoms with Crippen LogP contribution in [0.1, 0.15) is 157 Å². The van der Waals surface area contributed by atoms with Crippen molar-refractivity contribution >= 4 is 65.0 Å². The molecule has 4 heterocycles. The van der Waals surface area contributed by atoms with Crippen molar-refractivity contribution in [2.75, 3.05) is 18.4 Å². The van der Waals surface area contributed by atoms with E-state index in [1.165, 1.54) is 31.2 Å². The Morgan fingerprint density at radius 3 is 2.19 bits per heavy atom. The van der Waals surface area contributed by atoms with Crippen LogP contribution in [0.25, 0.3) is 0 Å². The number of aliphatic hydroxyl groups is 1. The number of ether oxygens (including phenoxy) is 5. The van der Waals surface area contributed by atoms with Crippen LogP contribution in [0.4, 0.5) is 10.5 Å². The van der Waals surface area contributed by atoms with E-state index in [4.69, 9.17) is 29.4 Å². The number of esters is 2. The maximum Gasteiger partial charge on any atom is 0.312 e. The lowest BCUT2D eigenvalue weighted by atomic mass is 9.83. The minimum atomic E-state index is -1.05. The number of aliphatic hydroxyl groups excluding tert-OH is 1. The van der Waals surface area contributed by atoms with Gasteiger partial charge < -0.3 is 66.4 Å². The number of imide groups is 1. The number of unbranched alkanes of at least 4 members (excludes halogenated alkanes) is 2. The average Bonchev–Trinajstić information content (AvgIpc) is 1.58. The number of benzene rings is 1. The fourth-order valence-electron chi connectivity index (χ4n) is 11.9. The highest BCUT2D eigenvalue weighted by molar-refractivity contribution is 6.12. The highest BCUT2D eigenvalue weighted by Gasteiger charge is 2.64. The van der Waals surface area contributed by atoms with Gasteiger partial charge in [0.05, 0.1) is 36.9 Å². The van der Waals surface area contributed by atoms with Crippen molar-refractivity contribution in [2.24, 2.45) is 23.5 Å². The number of carbonyl (C=O) groups is 10. The van der Waals surface area contributed by atoms with Crippen molar-refractivity contribution in [1.82, 2.24) is 31.5 Å². The minimum absolute atomic E-state index is 0.00492. The molecule has 0 aromatic heterocycles. The van der Waals surface area contributed by atoms with Gasteiger partial charge in [0.15, 0.2) is 0 Å². The molecule has 24 nitrogen and oxygen atoms in total. The van der Waals surface area contributed by atoms with E-state index >= 15 is 0 Å². The van der Waals surface area contributed by atoms with Crippen LogP contribution in [0.2, 0.25) is 0 Å². The summed E-state index contributed by atoms with van der Waals surface area (Å²) in [6.45, 7) is 14.9. The third-order valence-corrected chi connectivity index (χ3v) is 17.1. The number of nitrogens with zero attached hydrogens (tertiary/aromatic N) is 1. The maximum atomic E-state index is 13.7. The zero-order chi connectivity index (χ0) is 65.0. The fraction of sp³-hybridized carbons (Fsp3) is 0.631. The number of hydrogen-bond acceptors (Lipinski definition) is 16. The molecule has 1 aromatic carbocycles. The van der Waals surface area contributed by atoms with Gasteiger partial charge in [-0.15, -0.1) is 0 Å². The van der Waals surface area contributed by atoms with Crippen molar-refractivity contribution in [3.05, 3.63) is 77.9 Å². The van der Waals surface area contributed by atoms with Gasteiger partial charge in [-0.2, -0.15) is 0 Å². The van der Waals surface area contributed by atoms with Crippen LogP contribution >= 0.6 is 0 Å². The molecule has 89 heavy (non-hydrogen) atoms. The van der Waals surface area contributed by atoms with Gasteiger partial charge in [-0.1, -0.05) is 63.1 Å². The molecule has 490 valence electrons. The molecule has 12 atom stereocenters. The van der Waals surface area contributed by atoms with E-state index in [1.807, 2.05) is 32.9 Å². The van der Waals surface area contributed by atoms with Gasteiger partial charge in [0.1, 0.15) is 42.6 Å². The van der Waals surface area contributed by atoms with Crippen molar-refractivity contribution in [3.63, 3.8) is 0 Å². The summed E-state index contributed by atoms with van der Waals surface area (Å²) in [5.74, 6) is -3.50. The standard InChI is InChI=1S/C65H94N8O16/c1-38(2)60(72-54(75)14-10-9-11-32-73-57(78)29-30-58(73)79)63(83)71-50(13-12-31-67-64(66)84)62(82)69-48-24-20-46(21-25-48)37-85-59(80)34-45-18-22-47(23-19-45)68-56(77)35-49-36-65(43(7)89-65)61(81)53(88-49)27-16-39(3)15-26-52-40(4)33-51(42(6)87-52)70-55(76)28-17-41(5)86-44(8)74/h15-17,20-21,24-25,27-30,38,40-43,45,47,49-53,60-61,81H,9-14,18-19,22-23,26,31-37H2,1-8H3,(H,68,77)(H,69,82)(H,70,76)(H,71,83)(H,72,75)(H3,66,67,84)/b27-16+,28-17-,39-15+/t40-,41-,42+,43+,45?,47?,49+,50-,51+,52-,53+,60-,61+,65+/m0/s1. The Labute approximate surface area is 522 Å². The van der Waals surface area contributed by atoms with Crippen LogP contribution in [0.5, 0.6) is 0 Å². The first-order valence-electron chi connectivity index (χ1n) is 31.5. The molecule has 5 aliphatic rings. The summed E-state index contributed by atoms with van der Waals surface area (Å²) in [6, 6.07) is 3.72. The Balaban J connectivity index is 0.890. The lowest BCUT2D eigenvalue weighted by molar-refractivity contribution is -0.147. The number of allylic oxidation sites excluding steroid dienone is 2. The van der Waals surface area contributed by atoms with E-state index in [0.717, 1.165) is 29.7 Å². The van der Waals surface area contributed by atoms with Crippen LogP contribution in [0, 0.1) is 17.8 Å². The SMILES string of the molecule is CC(=O)O[C@@H](C)/C=C\C(=O)N[C@@H]1C[C@H](C)[C@H](C/C=C(C)/C=C/[C@H]2O[C@H](CC(=O)NC3CCC(CC(=O)OCc4ccc(NC(=O)[C@H](CCCNC(N)=O)NC(=O)[C@@H](NC(=O)CCCCCN5C(=O)C=CC5=O)C(C)C)cc4)CC3)C[C@]3(O[C@@H]3C)[C@@H]2O)O[C@@H]1C. The molecule has 1 spiro atoms. The first-order chi connectivity index (χ1) is 42.3. The Bertz CT molecular complexity index is 2760. The average molecular weight is 1240 g/mol. The van der Waals surface area contributed by atoms with E-state index < -0.39 is 65.9 Å². The van der Waals surface area contributed by atoms with Crippen molar-refractivity contribution < 1.29 is 76.7 Å². The number of rotatable bonds is 31. The summed E-state index contributed by atoms with van der Waals surface area (Å²) < 4.78 is 29.4. The minimum Gasteiger partial charge on any atom is -0.461 e. The number of epoxide rings is 1. The van der Waals surface area contributed by atoms with Crippen molar-refractivity contribution in [1.29, 1.82) is 0 Å². The number of nitrogens with two attached hydrogens (primary N) is 1. The molecule has 4 aliphatic heterocycles. The Morgan fingerprint density at radius 2 is 1.54 bits per heavy atom. The second kappa shape index (κ2) is 34.1. The predicted octanol–water partition coefficient (Wildman–Crippen LogP) is 5.06. The molecule has 0 unspecified atom stereocenters. The summed E-state index contributed by atoms with van der Waals surface area (Å²) in [4.78, 5) is 127. The Morgan fingerprint density at radius 1 is 0.843 bits per heavy atom. The zero-order valence-electron chi connectivity index (χ0n) is 52.8. The lowest BCUT2D eigenvalue weighted by Crippen LogP contribution is -2.54. The monoisotopic (exact) mass is 1240 g/mol. The molecule has 1 aromatic rings. The van der Waals surface area contributed by atoms with Gasteiger partial charge >= 0.3 is 18.0 Å². The molecule has 6 rings (SSSR count). The molecule has 9 amide bonds. The molecule has 0 bridgehead atoms. The molecule has 0 radical (unpaired) electrons. The van der Waals surface area contributed by atoms with Gasteiger partial charge in [0, 0.05) is 69.2 Å².